The molecule has 1 aliphatic heterocycles. The SMILES string of the molecule is CSc1nn(-c2c(Cl)cc(Cl)cc2Cl)c(N(C)C)c1CN1c2ccccc2CC1CO. The lowest BCUT2D eigenvalue weighted by Crippen LogP contribution is -2.34. The molecule has 0 saturated heterocycles. The van der Waals surface area contributed by atoms with E-state index < -0.39 is 0 Å². The van der Waals surface area contributed by atoms with Crippen molar-refractivity contribution in [2.45, 2.75) is 24.0 Å². The summed E-state index contributed by atoms with van der Waals surface area (Å²) in [5.41, 5.74) is 4.04. The summed E-state index contributed by atoms with van der Waals surface area (Å²) in [6, 6.07) is 11.7. The fourth-order valence-electron chi connectivity index (χ4n) is 4.15. The summed E-state index contributed by atoms with van der Waals surface area (Å²) in [4.78, 5) is 4.27. The average molecular weight is 498 g/mol. The summed E-state index contributed by atoms with van der Waals surface area (Å²) in [5, 5.41) is 17.1. The molecule has 3 aromatic rings. The lowest BCUT2D eigenvalue weighted by Gasteiger charge is -2.28. The molecule has 1 atom stereocenters. The number of halogens is 3. The van der Waals surface area contributed by atoms with Crippen molar-refractivity contribution in [1.82, 2.24) is 9.78 Å². The highest BCUT2D eigenvalue weighted by Crippen LogP contribution is 2.40. The maximum atomic E-state index is 10.0. The van der Waals surface area contributed by atoms with Crippen LogP contribution in [-0.4, -0.2) is 47.9 Å². The Hall–Kier alpha value is -1.57. The number of benzene rings is 2. The number of hydrogen-bond acceptors (Lipinski definition) is 5. The first kappa shape index (κ1) is 22.6. The first-order chi connectivity index (χ1) is 14.8. The molecule has 0 bridgehead atoms. The predicted octanol–water partition coefficient (Wildman–Crippen LogP) is 5.54. The molecule has 31 heavy (non-hydrogen) atoms. The molecule has 5 nitrogen and oxygen atoms in total. The zero-order valence-corrected chi connectivity index (χ0v) is 20.5. The molecular formula is C22H23Cl3N4OS. The van der Waals surface area contributed by atoms with Gasteiger partial charge in [-0.2, -0.15) is 5.10 Å². The molecule has 0 amide bonds. The quantitative estimate of drug-likeness (QED) is 0.453. The van der Waals surface area contributed by atoms with Crippen LogP contribution in [0.4, 0.5) is 11.5 Å². The number of aliphatic hydroxyl groups excluding tert-OH is 1. The smallest absolute Gasteiger partial charge is 0.138 e. The number of hydrogen-bond donors (Lipinski definition) is 1. The second-order valence-corrected chi connectivity index (χ2v) is 9.68. The van der Waals surface area contributed by atoms with Gasteiger partial charge >= 0.3 is 0 Å². The second-order valence-electron chi connectivity index (χ2n) is 7.63. The lowest BCUT2D eigenvalue weighted by atomic mass is 10.1. The molecule has 1 aliphatic rings. The molecule has 0 spiro atoms. The van der Waals surface area contributed by atoms with Crippen molar-refractivity contribution in [3.8, 4) is 5.69 Å². The molecule has 1 unspecified atom stereocenters. The first-order valence-corrected chi connectivity index (χ1v) is 12.1. The van der Waals surface area contributed by atoms with Gasteiger partial charge in [-0.25, -0.2) is 4.68 Å². The van der Waals surface area contributed by atoms with E-state index in [1.165, 1.54) is 5.56 Å². The molecule has 2 heterocycles. The van der Waals surface area contributed by atoms with E-state index >= 15 is 0 Å². The maximum absolute atomic E-state index is 10.0. The lowest BCUT2D eigenvalue weighted by molar-refractivity contribution is 0.262. The molecule has 2 aromatic carbocycles. The Kier molecular flexibility index (Phi) is 6.65. The maximum Gasteiger partial charge on any atom is 0.138 e. The van der Waals surface area contributed by atoms with E-state index in [0.29, 0.717) is 27.3 Å². The van der Waals surface area contributed by atoms with Gasteiger partial charge < -0.3 is 14.9 Å². The molecular weight excluding hydrogens is 475 g/mol. The van der Waals surface area contributed by atoms with Gasteiger partial charge in [-0.3, -0.25) is 0 Å². The fraction of sp³-hybridized carbons (Fsp3) is 0.318. The normalized spacial score (nSPS) is 15.5. The number of rotatable bonds is 6. The molecule has 0 aliphatic carbocycles. The van der Waals surface area contributed by atoms with E-state index in [2.05, 4.69) is 17.0 Å². The Labute approximate surface area is 201 Å². The monoisotopic (exact) mass is 496 g/mol. The standard InChI is InChI=1S/C22H23Cl3N4OS/c1-27(2)22-16(11-28-15(12-30)8-13-6-4-5-7-19(13)28)21(31-3)26-29(22)20-17(24)9-14(23)10-18(20)25/h4-7,9-10,15,30H,8,11-12H2,1-3H3. The van der Waals surface area contributed by atoms with Gasteiger partial charge in [0.05, 0.1) is 22.7 Å². The van der Waals surface area contributed by atoms with Crippen molar-refractivity contribution in [2.24, 2.45) is 0 Å². The first-order valence-electron chi connectivity index (χ1n) is 9.79. The summed E-state index contributed by atoms with van der Waals surface area (Å²) in [5.74, 6) is 0.886. The van der Waals surface area contributed by atoms with Gasteiger partial charge in [0.25, 0.3) is 0 Å². The largest absolute Gasteiger partial charge is 0.394 e. The number of para-hydroxylation sites is 1. The number of anilines is 2. The van der Waals surface area contributed by atoms with Crippen LogP contribution in [0.15, 0.2) is 41.4 Å². The van der Waals surface area contributed by atoms with Gasteiger partial charge in [0, 0.05) is 36.9 Å². The Morgan fingerprint density at radius 3 is 2.45 bits per heavy atom. The van der Waals surface area contributed by atoms with Crippen LogP contribution in [0, 0.1) is 0 Å². The van der Waals surface area contributed by atoms with Gasteiger partial charge in [-0.1, -0.05) is 53.0 Å². The van der Waals surface area contributed by atoms with Crippen LogP contribution in [0.2, 0.25) is 15.1 Å². The van der Waals surface area contributed by atoms with E-state index in [4.69, 9.17) is 39.9 Å². The molecule has 9 heteroatoms. The van der Waals surface area contributed by atoms with E-state index in [-0.39, 0.29) is 12.6 Å². The summed E-state index contributed by atoms with van der Waals surface area (Å²) in [6.07, 6.45) is 2.82. The van der Waals surface area contributed by atoms with E-state index in [1.54, 1.807) is 28.6 Å². The topological polar surface area (TPSA) is 44.5 Å². The molecule has 0 fully saturated rings. The van der Waals surface area contributed by atoms with Crippen LogP contribution in [0.25, 0.3) is 5.69 Å². The van der Waals surface area contributed by atoms with E-state index in [1.807, 2.05) is 37.4 Å². The number of fused-ring (bicyclic) bond motifs is 1. The van der Waals surface area contributed by atoms with Gasteiger partial charge in [-0.05, 0) is 36.4 Å². The van der Waals surface area contributed by atoms with Gasteiger partial charge in [0.2, 0.25) is 0 Å². The molecule has 0 radical (unpaired) electrons. The minimum atomic E-state index is 0.0215. The van der Waals surface area contributed by atoms with Gasteiger partial charge in [-0.15, -0.1) is 11.8 Å². The predicted molar refractivity (Wildman–Crippen MR) is 132 cm³/mol. The van der Waals surface area contributed by atoms with Crippen LogP contribution in [0.5, 0.6) is 0 Å². The van der Waals surface area contributed by atoms with Crippen LogP contribution >= 0.6 is 46.6 Å². The number of nitrogens with zero attached hydrogens (tertiary/aromatic N) is 4. The molecule has 4 rings (SSSR count). The van der Waals surface area contributed by atoms with Crippen molar-refractivity contribution in [3.05, 3.63) is 62.6 Å². The van der Waals surface area contributed by atoms with Crippen molar-refractivity contribution < 1.29 is 5.11 Å². The highest BCUT2D eigenvalue weighted by molar-refractivity contribution is 7.98. The van der Waals surface area contributed by atoms with Gasteiger partial charge in [0.15, 0.2) is 0 Å². The van der Waals surface area contributed by atoms with Crippen LogP contribution < -0.4 is 9.80 Å². The van der Waals surface area contributed by atoms with Crippen molar-refractivity contribution in [2.75, 3.05) is 36.8 Å². The van der Waals surface area contributed by atoms with E-state index in [9.17, 15) is 5.11 Å². The van der Waals surface area contributed by atoms with Crippen molar-refractivity contribution in [3.63, 3.8) is 0 Å². The Morgan fingerprint density at radius 1 is 1.16 bits per heavy atom. The van der Waals surface area contributed by atoms with Crippen LogP contribution in [0.1, 0.15) is 11.1 Å². The number of aliphatic hydroxyl groups is 1. The highest BCUT2D eigenvalue weighted by atomic mass is 35.5. The zero-order chi connectivity index (χ0) is 22.3. The number of thioether (sulfide) groups is 1. The third kappa shape index (κ3) is 4.12. The van der Waals surface area contributed by atoms with Crippen LogP contribution in [0.3, 0.4) is 0 Å². The summed E-state index contributed by atoms with van der Waals surface area (Å²) >= 11 is 20.8. The third-order valence-electron chi connectivity index (χ3n) is 5.47. The molecule has 1 aromatic heterocycles. The van der Waals surface area contributed by atoms with Crippen molar-refractivity contribution in [1.29, 1.82) is 0 Å². The minimum Gasteiger partial charge on any atom is -0.394 e. The Balaban J connectivity index is 1.86. The van der Waals surface area contributed by atoms with Crippen LogP contribution in [-0.2, 0) is 13.0 Å². The number of aromatic nitrogens is 2. The van der Waals surface area contributed by atoms with E-state index in [0.717, 1.165) is 28.5 Å². The zero-order valence-electron chi connectivity index (χ0n) is 17.4. The third-order valence-corrected chi connectivity index (χ3v) is 6.98. The highest BCUT2D eigenvalue weighted by Gasteiger charge is 2.32. The fourth-order valence-corrected chi connectivity index (χ4v) is 5.69. The Morgan fingerprint density at radius 2 is 1.84 bits per heavy atom. The summed E-state index contributed by atoms with van der Waals surface area (Å²) < 4.78 is 1.79. The summed E-state index contributed by atoms with van der Waals surface area (Å²) in [7, 11) is 3.95. The second kappa shape index (κ2) is 9.12. The van der Waals surface area contributed by atoms with Gasteiger partial charge in [0.1, 0.15) is 16.5 Å². The molecule has 1 N–H and O–H groups in total. The summed E-state index contributed by atoms with van der Waals surface area (Å²) in [6.45, 7) is 0.693. The average Bonchev–Trinajstić information content (AvgIpc) is 3.26. The minimum absolute atomic E-state index is 0.0215. The molecule has 0 saturated carbocycles. The molecule has 164 valence electrons. The Bertz CT molecular complexity index is 1100. The van der Waals surface area contributed by atoms with Crippen molar-refractivity contribution >= 4 is 58.1 Å².